The van der Waals surface area contributed by atoms with Gasteiger partial charge in [0.15, 0.2) is 0 Å². The molecule has 0 aliphatic carbocycles. The number of anilines is 1. The quantitative estimate of drug-likeness (QED) is 0.686. The minimum absolute atomic E-state index is 0.117. The van der Waals surface area contributed by atoms with Gasteiger partial charge in [0.25, 0.3) is 0 Å². The average molecular weight is 183 g/mol. The number of aryl methyl sites for hydroxylation is 1. The fraction of sp³-hybridized carbons (Fsp3) is 0.500. The van der Waals surface area contributed by atoms with Crippen LogP contribution in [0.4, 0.5) is 5.69 Å². The summed E-state index contributed by atoms with van der Waals surface area (Å²) in [4.78, 5) is 11.0. The van der Waals surface area contributed by atoms with Gasteiger partial charge in [0.1, 0.15) is 6.54 Å². The van der Waals surface area contributed by atoms with Crippen molar-refractivity contribution in [1.82, 2.24) is 9.78 Å². The van der Waals surface area contributed by atoms with Gasteiger partial charge < -0.3 is 10.5 Å². The second-order valence-corrected chi connectivity index (χ2v) is 2.67. The van der Waals surface area contributed by atoms with Crippen LogP contribution in [0, 0.1) is 6.92 Å². The number of nitrogens with two attached hydrogens (primary N) is 1. The lowest BCUT2D eigenvalue weighted by atomic mass is 10.4. The third-order valence-corrected chi connectivity index (χ3v) is 1.58. The second-order valence-electron chi connectivity index (χ2n) is 2.67. The fourth-order valence-electron chi connectivity index (χ4n) is 0.953. The molecule has 0 unspecified atom stereocenters. The van der Waals surface area contributed by atoms with E-state index in [1.807, 2.05) is 0 Å². The Morgan fingerprint density at radius 1 is 1.77 bits per heavy atom. The fourth-order valence-corrected chi connectivity index (χ4v) is 0.953. The monoisotopic (exact) mass is 183 g/mol. The normalized spacial score (nSPS) is 10.0. The van der Waals surface area contributed by atoms with Crippen molar-refractivity contribution in [3.05, 3.63) is 11.9 Å². The molecule has 72 valence electrons. The Morgan fingerprint density at radius 3 is 2.92 bits per heavy atom. The topological polar surface area (TPSA) is 70.1 Å². The maximum absolute atomic E-state index is 11.0. The van der Waals surface area contributed by atoms with Gasteiger partial charge in [-0.3, -0.25) is 9.48 Å². The van der Waals surface area contributed by atoms with Crippen LogP contribution in [0.15, 0.2) is 6.20 Å². The molecule has 1 rings (SSSR count). The summed E-state index contributed by atoms with van der Waals surface area (Å²) in [7, 11) is 0. The minimum atomic E-state index is -0.301. The largest absolute Gasteiger partial charge is 0.465 e. The summed E-state index contributed by atoms with van der Waals surface area (Å²) < 4.78 is 6.23. The molecular weight excluding hydrogens is 170 g/mol. The van der Waals surface area contributed by atoms with Gasteiger partial charge >= 0.3 is 5.97 Å². The molecule has 0 aromatic carbocycles. The van der Waals surface area contributed by atoms with Gasteiger partial charge in [-0.1, -0.05) is 0 Å². The van der Waals surface area contributed by atoms with E-state index < -0.39 is 0 Å². The first-order valence-corrected chi connectivity index (χ1v) is 4.08. The van der Waals surface area contributed by atoms with Crippen LogP contribution in [0.25, 0.3) is 0 Å². The zero-order valence-corrected chi connectivity index (χ0v) is 7.78. The number of hydrogen-bond donors (Lipinski definition) is 1. The summed E-state index contributed by atoms with van der Waals surface area (Å²) in [6.07, 6.45) is 1.62. The number of nitrogens with zero attached hydrogens (tertiary/aromatic N) is 2. The van der Waals surface area contributed by atoms with Crippen molar-refractivity contribution < 1.29 is 9.53 Å². The molecule has 13 heavy (non-hydrogen) atoms. The molecule has 0 bridgehead atoms. The third kappa shape index (κ3) is 2.47. The lowest BCUT2D eigenvalue weighted by molar-refractivity contribution is -0.144. The first-order valence-electron chi connectivity index (χ1n) is 4.08. The van der Waals surface area contributed by atoms with Crippen molar-refractivity contribution in [3.8, 4) is 0 Å². The lowest BCUT2D eigenvalue weighted by Crippen LogP contribution is -2.13. The molecule has 0 fully saturated rings. The predicted octanol–water partition coefficient (Wildman–Crippen LogP) is 0.337. The molecule has 5 heteroatoms. The van der Waals surface area contributed by atoms with E-state index in [1.165, 1.54) is 4.68 Å². The Labute approximate surface area is 76.5 Å². The van der Waals surface area contributed by atoms with Crippen LogP contribution < -0.4 is 5.73 Å². The second kappa shape index (κ2) is 3.93. The van der Waals surface area contributed by atoms with Crippen LogP contribution in [0.5, 0.6) is 0 Å². The van der Waals surface area contributed by atoms with Crippen molar-refractivity contribution in [3.63, 3.8) is 0 Å². The Bertz CT molecular complexity index is 287. The van der Waals surface area contributed by atoms with Crippen LogP contribution in [0.1, 0.15) is 12.6 Å². The van der Waals surface area contributed by atoms with E-state index in [0.717, 1.165) is 5.69 Å². The summed E-state index contributed by atoms with van der Waals surface area (Å²) in [5, 5.41) is 4.02. The average Bonchev–Trinajstić information content (AvgIpc) is 2.31. The highest BCUT2D eigenvalue weighted by atomic mass is 16.5. The first kappa shape index (κ1) is 9.57. The van der Waals surface area contributed by atoms with Gasteiger partial charge in [0, 0.05) is 6.20 Å². The van der Waals surface area contributed by atoms with Gasteiger partial charge in [0.05, 0.1) is 18.0 Å². The first-order chi connectivity index (χ1) is 6.13. The molecule has 1 aromatic heterocycles. The Kier molecular flexibility index (Phi) is 2.89. The predicted molar refractivity (Wildman–Crippen MR) is 48.0 cm³/mol. The van der Waals surface area contributed by atoms with Crippen molar-refractivity contribution >= 4 is 11.7 Å². The smallest absolute Gasteiger partial charge is 0.327 e. The van der Waals surface area contributed by atoms with Crippen molar-refractivity contribution in [2.24, 2.45) is 0 Å². The van der Waals surface area contributed by atoms with Gasteiger partial charge in [-0.25, -0.2) is 0 Å². The molecule has 5 nitrogen and oxygen atoms in total. The summed E-state index contributed by atoms with van der Waals surface area (Å²) in [5.74, 6) is -0.301. The van der Waals surface area contributed by atoms with Crippen molar-refractivity contribution in [2.75, 3.05) is 12.3 Å². The van der Waals surface area contributed by atoms with Crippen molar-refractivity contribution in [1.29, 1.82) is 0 Å². The molecule has 0 radical (unpaired) electrons. The van der Waals surface area contributed by atoms with Crippen LogP contribution >= 0.6 is 0 Å². The third-order valence-electron chi connectivity index (χ3n) is 1.58. The molecule has 1 heterocycles. The Hall–Kier alpha value is -1.52. The molecule has 0 amide bonds. The summed E-state index contributed by atoms with van der Waals surface area (Å²) in [6, 6.07) is 0. The molecule has 0 spiro atoms. The van der Waals surface area contributed by atoms with E-state index in [1.54, 1.807) is 20.0 Å². The molecule has 0 aliphatic heterocycles. The van der Waals surface area contributed by atoms with Gasteiger partial charge in [-0.05, 0) is 13.8 Å². The van der Waals surface area contributed by atoms with E-state index in [-0.39, 0.29) is 12.5 Å². The molecule has 1 aromatic rings. The van der Waals surface area contributed by atoms with Crippen LogP contribution in [0.3, 0.4) is 0 Å². The molecular formula is C8H13N3O2. The van der Waals surface area contributed by atoms with E-state index in [4.69, 9.17) is 10.5 Å². The van der Waals surface area contributed by atoms with Gasteiger partial charge in [-0.15, -0.1) is 0 Å². The molecule has 0 saturated carbocycles. The van der Waals surface area contributed by atoms with E-state index in [9.17, 15) is 4.79 Å². The molecule has 0 saturated heterocycles. The van der Waals surface area contributed by atoms with E-state index >= 15 is 0 Å². The number of carbonyl (C=O) groups excluding carboxylic acids is 1. The number of esters is 1. The molecule has 2 N–H and O–H groups in total. The lowest BCUT2D eigenvalue weighted by Gasteiger charge is -2.00. The van der Waals surface area contributed by atoms with Crippen LogP contribution in [0.2, 0.25) is 0 Å². The Balaban J connectivity index is 2.59. The zero-order valence-electron chi connectivity index (χ0n) is 7.78. The van der Waals surface area contributed by atoms with Gasteiger partial charge in [-0.2, -0.15) is 5.10 Å². The van der Waals surface area contributed by atoms with Gasteiger partial charge in [0.2, 0.25) is 0 Å². The van der Waals surface area contributed by atoms with Crippen LogP contribution in [-0.4, -0.2) is 22.4 Å². The summed E-state index contributed by atoms with van der Waals surface area (Å²) in [5.41, 5.74) is 6.87. The number of aromatic nitrogens is 2. The number of carbonyl (C=O) groups is 1. The maximum atomic E-state index is 11.0. The highest BCUT2D eigenvalue weighted by molar-refractivity contribution is 5.69. The zero-order chi connectivity index (χ0) is 9.84. The van der Waals surface area contributed by atoms with Crippen LogP contribution in [-0.2, 0) is 16.1 Å². The maximum Gasteiger partial charge on any atom is 0.327 e. The Morgan fingerprint density at radius 2 is 2.46 bits per heavy atom. The van der Waals surface area contributed by atoms with E-state index in [2.05, 4.69) is 5.10 Å². The molecule has 0 aliphatic rings. The number of nitrogen functional groups attached to an aromatic ring is 1. The molecule has 0 atom stereocenters. The highest BCUT2D eigenvalue weighted by Gasteiger charge is 2.05. The SMILES string of the molecule is CCOC(=O)Cn1cc(N)c(C)n1. The summed E-state index contributed by atoms with van der Waals surface area (Å²) >= 11 is 0. The highest BCUT2D eigenvalue weighted by Crippen LogP contribution is 2.06. The number of ether oxygens (including phenoxy) is 1. The minimum Gasteiger partial charge on any atom is -0.465 e. The number of hydrogen-bond acceptors (Lipinski definition) is 4. The standard InChI is InChI=1S/C8H13N3O2/c1-3-13-8(12)5-11-4-7(9)6(2)10-11/h4H,3,5,9H2,1-2H3. The summed E-state index contributed by atoms with van der Waals surface area (Å²) in [6.45, 7) is 4.05. The van der Waals surface area contributed by atoms with E-state index in [0.29, 0.717) is 12.3 Å². The van der Waals surface area contributed by atoms with Crippen molar-refractivity contribution in [2.45, 2.75) is 20.4 Å². The number of rotatable bonds is 3.